The summed E-state index contributed by atoms with van der Waals surface area (Å²) in [5, 5.41) is 2.83. The fourth-order valence-corrected chi connectivity index (χ4v) is 9.10. The largest absolute Gasteiger partial charge is 0.510 e. The summed E-state index contributed by atoms with van der Waals surface area (Å²) in [7, 11) is 6.17. The number of hydrogen-bond acceptors (Lipinski definition) is 15. The van der Waals surface area contributed by atoms with Crippen LogP contribution in [0.4, 0.5) is 4.79 Å². The first-order valence-corrected chi connectivity index (χ1v) is 20.3. The van der Waals surface area contributed by atoms with Crippen LogP contribution in [-0.2, 0) is 43.4 Å². The van der Waals surface area contributed by atoms with Crippen molar-refractivity contribution in [3.05, 3.63) is 94.0 Å². The Labute approximate surface area is 366 Å². The first kappa shape index (κ1) is 40.5. The topological polar surface area (TPSA) is 162 Å². The van der Waals surface area contributed by atoms with Crippen LogP contribution < -0.4 is 37.9 Å². The van der Waals surface area contributed by atoms with Gasteiger partial charge in [0.25, 0.3) is 0 Å². The number of rotatable bonds is 10. The van der Waals surface area contributed by atoms with Crippen molar-refractivity contribution in [2.75, 3.05) is 42.0 Å². The Bertz CT molecular complexity index is 2820. The summed E-state index contributed by atoms with van der Waals surface area (Å²) in [6.45, 7) is 6.93. The Balaban J connectivity index is 1.08. The fraction of sp³-hybridized carbons (Fsp3) is 0.286. The molecule has 0 radical (unpaired) electrons. The maximum atomic E-state index is 14.4. The van der Waals surface area contributed by atoms with Crippen LogP contribution in [0.5, 0.6) is 46.0 Å². The Morgan fingerprint density at radius 3 is 1.20 bits per heavy atom. The van der Waals surface area contributed by atoms with Gasteiger partial charge in [-0.2, -0.15) is 0 Å². The molecule has 0 aromatic heterocycles. The van der Waals surface area contributed by atoms with E-state index >= 15 is 0 Å². The van der Waals surface area contributed by atoms with Gasteiger partial charge in [-0.1, -0.05) is 0 Å². The highest BCUT2D eigenvalue weighted by Crippen LogP contribution is 2.52. The van der Waals surface area contributed by atoms with Crippen LogP contribution in [0.15, 0.2) is 60.7 Å². The molecule has 64 heavy (non-hydrogen) atoms. The molecule has 328 valence electrons. The molecule has 0 aliphatic carbocycles. The van der Waals surface area contributed by atoms with Gasteiger partial charge in [0.15, 0.2) is 46.0 Å². The van der Waals surface area contributed by atoms with Crippen molar-refractivity contribution in [1.29, 1.82) is 0 Å². The highest BCUT2D eigenvalue weighted by atomic mass is 16.7. The molecule has 0 saturated carbocycles. The van der Waals surface area contributed by atoms with Gasteiger partial charge in [-0.3, -0.25) is 0 Å². The molecule has 0 unspecified atom stereocenters. The summed E-state index contributed by atoms with van der Waals surface area (Å²) >= 11 is 0. The molecule has 0 fully saturated rings. The van der Waals surface area contributed by atoms with Gasteiger partial charge in [-0.25, -0.2) is 14.4 Å². The summed E-state index contributed by atoms with van der Waals surface area (Å²) in [6, 6.07) is 18.1. The van der Waals surface area contributed by atoms with E-state index in [4.69, 9.17) is 56.8 Å². The van der Waals surface area contributed by atoms with Gasteiger partial charge in [0.1, 0.15) is 24.4 Å². The third-order valence-corrected chi connectivity index (χ3v) is 12.1. The lowest BCUT2D eigenvalue weighted by Gasteiger charge is -2.32. The molecule has 15 nitrogen and oxygen atoms in total. The predicted octanol–water partition coefficient (Wildman–Crippen LogP) is 9.48. The smallest absolute Gasteiger partial charge is 0.493 e. The van der Waals surface area contributed by atoms with Crippen molar-refractivity contribution in [3.63, 3.8) is 0 Å². The third-order valence-electron chi connectivity index (χ3n) is 12.1. The second kappa shape index (κ2) is 14.8. The number of fused-ring (bicyclic) bond motifs is 6. The lowest BCUT2D eigenvalue weighted by molar-refractivity contribution is -0.0631. The Hall–Kier alpha value is -7.55. The molecule has 15 heteroatoms. The van der Waals surface area contributed by atoms with E-state index in [0.717, 1.165) is 10.8 Å². The minimum atomic E-state index is -1.44. The normalized spacial score (nSPS) is 14.6. The lowest BCUT2D eigenvalue weighted by Crippen LogP contribution is -2.32. The molecule has 4 aliphatic rings. The van der Waals surface area contributed by atoms with E-state index < -0.39 is 29.3 Å². The second-order valence-corrected chi connectivity index (χ2v) is 16.6. The molecule has 0 N–H and O–H groups in total. The van der Waals surface area contributed by atoms with Crippen LogP contribution >= 0.6 is 0 Å². The molecular formula is C49H42O15. The molecule has 6 aromatic rings. The Morgan fingerprint density at radius 2 is 0.828 bits per heavy atom. The van der Waals surface area contributed by atoms with E-state index in [1.165, 1.54) is 14.2 Å². The Kier molecular flexibility index (Phi) is 9.36. The molecule has 0 bridgehead atoms. The first-order chi connectivity index (χ1) is 30.7. The van der Waals surface area contributed by atoms with Gasteiger partial charge in [-0.15, -0.1) is 0 Å². The lowest BCUT2D eigenvalue weighted by atomic mass is 9.83. The number of carbonyl (C=O) groups is 3. The quantitative estimate of drug-likeness (QED) is 0.0944. The maximum Gasteiger partial charge on any atom is 0.510 e. The van der Waals surface area contributed by atoms with Crippen LogP contribution in [0.3, 0.4) is 0 Å². The molecule has 0 atom stereocenters. The van der Waals surface area contributed by atoms with Crippen molar-refractivity contribution in [1.82, 2.24) is 0 Å². The molecule has 6 aromatic carbocycles. The van der Waals surface area contributed by atoms with E-state index in [0.29, 0.717) is 112 Å². The van der Waals surface area contributed by atoms with Gasteiger partial charge in [0.2, 0.25) is 13.6 Å². The highest BCUT2D eigenvalue weighted by molar-refractivity contribution is 6.13. The van der Waals surface area contributed by atoms with Gasteiger partial charge in [0, 0.05) is 33.4 Å². The van der Waals surface area contributed by atoms with E-state index in [1.807, 2.05) is 24.3 Å². The number of methoxy groups -OCH3 is 4. The molecular weight excluding hydrogens is 829 g/mol. The number of carbonyl (C=O) groups excluding carboxylic acids is 3. The number of hydrogen-bond donors (Lipinski definition) is 0. The summed E-state index contributed by atoms with van der Waals surface area (Å²) < 4.78 is 69.8. The second-order valence-electron chi connectivity index (χ2n) is 16.6. The fourth-order valence-electron chi connectivity index (χ4n) is 9.10. The number of benzene rings is 6. The van der Waals surface area contributed by atoms with E-state index in [1.54, 1.807) is 78.3 Å². The van der Waals surface area contributed by atoms with Gasteiger partial charge >= 0.3 is 18.1 Å². The molecule has 10 rings (SSSR count). The number of ether oxygens (including phenoxy) is 12. The van der Waals surface area contributed by atoms with Crippen molar-refractivity contribution in [2.45, 2.75) is 52.1 Å². The monoisotopic (exact) mass is 870 g/mol. The van der Waals surface area contributed by atoms with Crippen LogP contribution in [0.2, 0.25) is 0 Å². The number of cyclic esters (lactones) is 2. The Morgan fingerprint density at radius 1 is 0.469 bits per heavy atom. The van der Waals surface area contributed by atoms with Crippen molar-refractivity contribution < 1.29 is 71.2 Å². The summed E-state index contributed by atoms with van der Waals surface area (Å²) in [5.74, 6) is 2.59. The zero-order valence-corrected chi connectivity index (χ0v) is 36.2. The van der Waals surface area contributed by atoms with Crippen LogP contribution in [0.25, 0.3) is 43.8 Å². The summed E-state index contributed by atoms with van der Waals surface area (Å²) in [6.07, 6.45) is -1.02. The van der Waals surface area contributed by atoms with Gasteiger partial charge in [0.05, 0.1) is 39.6 Å². The molecule has 0 amide bonds. The van der Waals surface area contributed by atoms with Crippen LogP contribution in [0, 0.1) is 0 Å². The van der Waals surface area contributed by atoms with Crippen molar-refractivity contribution in [3.8, 4) is 68.2 Å². The van der Waals surface area contributed by atoms with Gasteiger partial charge < -0.3 is 56.8 Å². The van der Waals surface area contributed by atoms with E-state index in [9.17, 15) is 14.4 Å². The molecule has 0 saturated heterocycles. The van der Waals surface area contributed by atoms with E-state index in [-0.39, 0.29) is 26.8 Å². The standard InChI is InChI=1S/C49H42O15/c1-48(2,31-17-39-37(59-21-61-39)15-29(31)43-27-13-35(55-7)33(53-5)11-23(27)9-25-19-57-45(50)41(25)43)63-47(52)64-49(3,4)32-18-40-38(60-22-62-40)16-30(32)44-28-14-36(56-8)34(54-6)12-24(28)10-26-20-58-46(51)42(26)44/h9-18H,19-22H2,1-8H3. The molecule has 4 aliphatic heterocycles. The SMILES string of the molecule is COc1cc2cc3c(c(-c4cc5c(cc4C(C)(C)OC(=O)OC(C)(C)c4cc6c(cc4-c4c7c(cc8cc(OC)c(OC)cc48)COC7=O)OCO6)OCO5)c2cc1OC)C(=O)OC3. The molecule has 0 spiro atoms. The van der Waals surface area contributed by atoms with Crippen molar-refractivity contribution >= 4 is 39.6 Å². The van der Waals surface area contributed by atoms with Crippen LogP contribution in [-0.4, -0.2) is 60.1 Å². The van der Waals surface area contributed by atoms with Crippen LogP contribution in [0.1, 0.15) is 70.7 Å². The highest BCUT2D eigenvalue weighted by Gasteiger charge is 2.40. The van der Waals surface area contributed by atoms with Crippen molar-refractivity contribution in [2.24, 2.45) is 0 Å². The average Bonchev–Trinajstić information content (AvgIpc) is 4.10. The minimum Gasteiger partial charge on any atom is -0.493 e. The minimum absolute atomic E-state index is 0.0354. The van der Waals surface area contributed by atoms with Gasteiger partial charge in [-0.05, 0) is 121 Å². The average molecular weight is 871 g/mol. The zero-order valence-electron chi connectivity index (χ0n) is 36.2. The summed E-state index contributed by atoms with van der Waals surface area (Å²) in [5.41, 5.74) is 2.23. The summed E-state index contributed by atoms with van der Waals surface area (Å²) in [4.78, 5) is 41.6. The number of esters is 2. The van der Waals surface area contributed by atoms with E-state index in [2.05, 4.69) is 0 Å². The zero-order chi connectivity index (χ0) is 44.8. The first-order valence-electron chi connectivity index (χ1n) is 20.3. The predicted molar refractivity (Wildman–Crippen MR) is 229 cm³/mol. The molecule has 4 heterocycles. The third kappa shape index (κ3) is 6.36. The maximum absolute atomic E-state index is 14.4.